The van der Waals surface area contributed by atoms with E-state index < -0.39 is 10.0 Å². The van der Waals surface area contributed by atoms with E-state index in [0.717, 1.165) is 4.88 Å². The largest absolute Gasteiger partial charge is 0.315 e. The van der Waals surface area contributed by atoms with E-state index in [4.69, 9.17) is 0 Å². The Morgan fingerprint density at radius 1 is 1.30 bits per heavy atom. The van der Waals surface area contributed by atoms with Gasteiger partial charge >= 0.3 is 0 Å². The SMILES string of the molecule is CNCc1cc(S(=O)(=O)NC2C(C)(C)C2(C)C)c(Br)s1. The zero-order valence-corrected chi connectivity index (χ0v) is 15.6. The summed E-state index contributed by atoms with van der Waals surface area (Å²) in [5.74, 6) is 0. The van der Waals surface area contributed by atoms with Gasteiger partial charge in [0, 0.05) is 17.5 Å². The second-order valence-corrected chi connectivity index (χ2v) is 10.5. The Balaban J connectivity index is 2.24. The van der Waals surface area contributed by atoms with Gasteiger partial charge in [0.25, 0.3) is 0 Å². The van der Waals surface area contributed by atoms with Crippen molar-refractivity contribution in [3.63, 3.8) is 0 Å². The molecule has 1 saturated carbocycles. The van der Waals surface area contributed by atoms with Crippen LogP contribution in [0.3, 0.4) is 0 Å². The summed E-state index contributed by atoms with van der Waals surface area (Å²) in [6, 6.07) is 1.70. The van der Waals surface area contributed by atoms with Crippen LogP contribution >= 0.6 is 27.3 Å². The maximum atomic E-state index is 12.5. The average Bonchev–Trinajstić information content (AvgIpc) is 2.64. The van der Waals surface area contributed by atoms with Crippen molar-refractivity contribution in [2.45, 2.75) is 45.2 Å². The van der Waals surface area contributed by atoms with Crippen LogP contribution < -0.4 is 10.0 Å². The molecule has 0 amide bonds. The highest BCUT2D eigenvalue weighted by molar-refractivity contribution is 9.11. The van der Waals surface area contributed by atoms with E-state index in [-0.39, 0.29) is 16.9 Å². The lowest BCUT2D eigenvalue weighted by Crippen LogP contribution is -2.29. The van der Waals surface area contributed by atoms with Crippen LogP contribution in [0.15, 0.2) is 14.7 Å². The Bertz CT molecular complexity index is 606. The zero-order chi connectivity index (χ0) is 15.3. The Hall–Kier alpha value is 0.0500. The molecule has 0 atom stereocenters. The second-order valence-electron chi connectivity index (χ2n) is 6.38. The minimum Gasteiger partial charge on any atom is -0.315 e. The molecule has 1 heterocycles. The highest BCUT2D eigenvalue weighted by Gasteiger charge is 2.66. The zero-order valence-electron chi connectivity index (χ0n) is 12.4. The Labute approximate surface area is 133 Å². The highest BCUT2D eigenvalue weighted by Crippen LogP contribution is 2.63. The topological polar surface area (TPSA) is 58.2 Å². The van der Waals surface area contributed by atoms with E-state index in [1.54, 1.807) is 6.07 Å². The van der Waals surface area contributed by atoms with Gasteiger partial charge in [-0.1, -0.05) is 27.7 Å². The molecule has 0 radical (unpaired) electrons. The molecule has 2 rings (SSSR count). The summed E-state index contributed by atoms with van der Waals surface area (Å²) in [5.41, 5.74) is -0.0350. The Morgan fingerprint density at radius 2 is 1.85 bits per heavy atom. The molecule has 1 aromatic rings. The van der Waals surface area contributed by atoms with Gasteiger partial charge in [-0.25, -0.2) is 13.1 Å². The Morgan fingerprint density at radius 3 is 2.30 bits per heavy atom. The lowest BCUT2D eigenvalue weighted by Gasteiger charge is -2.07. The Kier molecular flexibility index (Phi) is 4.15. The van der Waals surface area contributed by atoms with Crippen LogP contribution in [-0.4, -0.2) is 21.5 Å². The van der Waals surface area contributed by atoms with Crippen molar-refractivity contribution >= 4 is 37.3 Å². The standard InChI is InChI=1S/C13H21BrN2O2S2/c1-12(2)11(13(12,3)4)16-20(17,18)9-6-8(7-15-5)19-10(9)14/h6,11,15-16H,7H2,1-5H3. The molecule has 1 aromatic heterocycles. The molecule has 4 nitrogen and oxygen atoms in total. The van der Waals surface area contributed by atoms with Crippen LogP contribution in [0.25, 0.3) is 0 Å². The molecule has 20 heavy (non-hydrogen) atoms. The number of hydrogen-bond donors (Lipinski definition) is 2. The van der Waals surface area contributed by atoms with E-state index in [1.165, 1.54) is 11.3 Å². The molecule has 0 aliphatic heterocycles. The fourth-order valence-corrected chi connectivity index (χ4v) is 6.78. The van der Waals surface area contributed by atoms with Gasteiger partial charge < -0.3 is 5.32 Å². The van der Waals surface area contributed by atoms with Crippen molar-refractivity contribution in [1.29, 1.82) is 0 Å². The van der Waals surface area contributed by atoms with Crippen molar-refractivity contribution in [3.8, 4) is 0 Å². The first kappa shape index (κ1) is 16.4. The van der Waals surface area contributed by atoms with Gasteiger partial charge in [0.15, 0.2) is 0 Å². The van der Waals surface area contributed by atoms with Crippen LogP contribution in [0, 0.1) is 10.8 Å². The minimum absolute atomic E-state index is 0.0175. The summed E-state index contributed by atoms with van der Waals surface area (Å²) < 4.78 is 28.6. The molecule has 7 heteroatoms. The number of nitrogens with one attached hydrogen (secondary N) is 2. The fraction of sp³-hybridized carbons (Fsp3) is 0.692. The van der Waals surface area contributed by atoms with Gasteiger partial charge in [-0.05, 0) is 39.9 Å². The van der Waals surface area contributed by atoms with Crippen LogP contribution in [0.4, 0.5) is 0 Å². The fourth-order valence-electron chi connectivity index (χ4n) is 2.55. The average molecular weight is 381 g/mol. The molecule has 1 aliphatic rings. The van der Waals surface area contributed by atoms with Gasteiger partial charge in [-0.2, -0.15) is 0 Å². The minimum atomic E-state index is -3.48. The molecule has 114 valence electrons. The summed E-state index contributed by atoms with van der Waals surface area (Å²) in [6.45, 7) is 9.04. The normalized spacial score (nSPS) is 21.1. The molecule has 0 unspecified atom stereocenters. The van der Waals surface area contributed by atoms with Crippen molar-refractivity contribution in [1.82, 2.24) is 10.0 Å². The summed E-state index contributed by atoms with van der Waals surface area (Å²) in [5, 5.41) is 3.03. The predicted molar refractivity (Wildman–Crippen MR) is 86.5 cm³/mol. The monoisotopic (exact) mass is 380 g/mol. The lowest BCUT2D eigenvalue weighted by atomic mass is 10.0. The van der Waals surface area contributed by atoms with Crippen LogP contribution in [0.5, 0.6) is 0 Å². The third kappa shape index (κ3) is 2.59. The highest BCUT2D eigenvalue weighted by atomic mass is 79.9. The van der Waals surface area contributed by atoms with Crippen LogP contribution in [-0.2, 0) is 16.6 Å². The maximum absolute atomic E-state index is 12.5. The molecule has 1 fully saturated rings. The van der Waals surface area contributed by atoms with E-state index >= 15 is 0 Å². The number of sulfonamides is 1. The molecule has 0 bridgehead atoms. The first-order valence-electron chi connectivity index (χ1n) is 6.49. The van der Waals surface area contributed by atoms with E-state index in [1.807, 2.05) is 7.05 Å². The predicted octanol–water partition coefficient (Wildman–Crippen LogP) is 2.94. The molecular formula is C13H21BrN2O2S2. The van der Waals surface area contributed by atoms with Crippen molar-refractivity contribution in [2.24, 2.45) is 10.8 Å². The van der Waals surface area contributed by atoms with Gasteiger partial charge in [0.2, 0.25) is 10.0 Å². The van der Waals surface area contributed by atoms with E-state index in [0.29, 0.717) is 15.2 Å². The third-order valence-corrected chi connectivity index (χ3v) is 8.32. The first-order valence-corrected chi connectivity index (χ1v) is 9.58. The second kappa shape index (κ2) is 5.05. The van der Waals surface area contributed by atoms with E-state index in [2.05, 4.69) is 53.7 Å². The van der Waals surface area contributed by atoms with Crippen molar-refractivity contribution in [3.05, 3.63) is 14.7 Å². The maximum Gasteiger partial charge on any atom is 0.242 e. The quantitative estimate of drug-likeness (QED) is 0.825. The van der Waals surface area contributed by atoms with Crippen LogP contribution in [0.2, 0.25) is 0 Å². The third-order valence-electron chi connectivity index (χ3n) is 4.64. The molecule has 1 aliphatic carbocycles. The summed E-state index contributed by atoms with van der Waals surface area (Å²) >= 11 is 4.81. The summed E-state index contributed by atoms with van der Waals surface area (Å²) in [7, 11) is -1.64. The first-order chi connectivity index (χ1) is 9.04. The summed E-state index contributed by atoms with van der Waals surface area (Å²) in [4.78, 5) is 1.33. The molecule has 0 saturated heterocycles. The van der Waals surface area contributed by atoms with Gasteiger partial charge in [0.05, 0.1) is 3.79 Å². The smallest absolute Gasteiger partial charge is 0.242 e. The van der Waals surface area contributed by atoms with Crippen LogP contribution in [0.1, 0.15) is 32.6 Å². The molecule has 0 aromatic carbocycles. The van der Waals surface area contributed by atoms with Gasteiger partial charge in [-0.3, -0.25) is 0 Å². The number of hydrogen-bond acceptors (Lipinski definition) is 4. The van der Waals surface area contributed by atoms with Crippen molar-refractivity contribution < 1.29 is 8.42 Å². The van der Waals surface area contributed by atoms with E-state index in [9.17, 15) is 8.42 Å². The molecule has 0 spiro atoms. The number of halogens is 1. The van der Waals surface area contributed by atoms with Gasteiger partial charge in [-0.15, -0.1) is 11.3 Å². The molecule has 2 N–H and O–H groups in total. The van der Waals surface area contributed by atoms with Gasteiger partial charge in [0.1, 0.15) is 4.90 Å². The summed E-state index contributed by atoms with van der Waals surface area (Å²) in [6.07, 6.45) is 0. The number of thiophene rings is 1. The number of rotatable bonds is 5. The molecular weight excluding hydrogens is 360 g/mol. The lowest BCUT2D eigenvalue weighted by molar-refractivity contribution is 0.457. The van der Waals surface area contributed by atoms with Crippen molar-refractivity contribution in [2.75, 3.05) is 7.05 Å².